The molecule has 0 aliphatic rings. The molecule has 0 saturated heterocycles. The van der Waals surface area contributed by atoms with Crippen molar-refractivity contribution in [3.05, 3.63) is 70.6 Å². The topological polar surface area (TPSA) is 156 Å². The van der Waals surface area contributed by atoms with Crippen LogP contribution in [0.4, 0.5) is 18.0 Å². The van der Waals surface area contributed by atoms with Crippen molar-refractivity contribution >= 4 is 32.8 Å². The van der Waals surface area contributed by atoms with E-state index in [0.29, 0.717) is 22.1 Å². The van der Waals surface area contributed by atoms with E-state index in [1.165, 1.54) is 18.2 Å². The van der Waals surface area contributed by atoms with Crippen LogP contribution < -0.4 is 10.9 Å². The molecule has 252 valence electrons. The number of ether oxygens (including phenoxy) is 2. The number of carbonyl (C=O) groups excluding carboxylic acids is 2. The lowest BCUT2D eigenvalue weighted by Crippen LogP contribution is -2.47. The Hall–Kier alpha value is -3.91. The van der Waals surface area contributed by atoms with Gasteiger partial charge in [-0.05, 0) is 76.8 Å². The van der Waals surface area contributed by atoms with Crippen molar-refractivity contribution < 1.29 is 46.0 Å². The number of alkyl halides is 3. The van der Waals surface area contributed by atoms with Crippen LogP contribution in [0.2, 0.25) is 0 Å². The molecule has 0 bridgehead atoms. The quantitative estimate of drug-likeness (QED) is 0.169. The third-order valence-electron chi connectivity index (χ3n) is 6.70. The molecule has 0 radical (unpaired) electrons. The van der Waals surface area contributed by atoms with E-state index in [1.807, 2.05) is 0 Å². The van der Waals surface area contributed by atoms with Crippen LogP contribution in [-0.2, 0) is 29.6 Å². The molecule has 10 nitrogen and oxygen atoms in total. The van der Waals surface area contributed by atoms with Crippen molar-refractivity contribution in [2.45, 2.75) is 83.4 Å². The summed E-state index contributed by atoms with van der Waals surface area (Å²) in [6.07, 6.45) is -7.64. The van der Waals surface area contributed by atoms with Crippen LogP contribution >= 0.6 is 0 Å². The van der Waals surface area contributed by atoms with Crippen LogP contribution in [0.1, 0.15) is 59.9 Å². The van der Waals surface area contributed by atoms with Crippen LogP contribution in [0.3, 0.4) is 0 Å². The number of hydrogen-bond acceptors (Lipinski definition) is 9. The highest BCUT2D eigenvalue weighted by molar-refractivity contribution is 7.92. The summed E-state index contributed by atoms with van der Waals surface area (Å²) in [5.41, 5.74) is -5.04. The van der Waals surface area contributed by atoms with E-state index < -0.39 is 79.9 Å². The van der Waals surface area contributed by atoms with E-state index in [1.54, 1.807) is 65.8 Å². The number of rotatable bonds is 10. The molecule has 1 aromatic heterocycles. The molecule has 3 rings (SSSR count). The molecular weight excluding hydrogens is 629 g/mol. The van der Waals surface area contributed by atoms with E-state index >= 15 is 0 Å². The number of amides is 1. The van der Waals surface area contributed by atoms with Crippen molar-refractivity contribution in [2.24, 2.45) is 0 Å². The van der Waals surface area contributed by atoms with Gasteiger partial charge >= 0.3 is 23.9 Å². The van der Waals surface area contributed by atoms with Gasteiger partial charge in [-0.2, -0.15) is 13.2 Å². The lowest BCUT2D eigenvalue weighted by atomic mass is 9.89. The maximum Gasteiger partial charge on any atom is 0.421 e. The van der Waals surface area contributed by atoms with Crippen LogP contribution in [-0.4, -0.2) is 56.3 Å². The maximum absolute atomic E-state index is 14.3. The van der Waals surface area contributed by atoms with Crippen LogP contribution in [0.5, 0.6) is 0 Å². The average molecular weight is 669 g/mol. The van der Waals surface area contributed by atoms with E-state index in [4.69, 9.17) is 18.7 Å². The minimum absolute atomic E-state index is 0.293. The monoisotopic (exact) mass is 668 g/mol. The Bertz CT molecular complexity index is 1720. The third-order valence-corrected chi connectivity index (χ3v) is 8.46. The first-order chi connectivity index (χ1) is 21.0. The van der Waals surface area contributed by atoms with E-state index in [0.717, 1.165) is 12.1 Å². The molecule has 2 aromatic carbocycles. The molecule has 0 aliphatic heterocycles. The van der Waals surface area contributed by atoms with Gasteiger partial charge in [-0.25, -0.2) is 18.6 Å². The molecule has 0 saturated carbocycles. The summed E-state index contributed by atoms with van der Waals surface area (Å²) in [6.45, 7) is 9.58. The predicted molar refractivity (Wildman–Crippen MR) is 167 cm³/mol. The smallest absolute Gasteiger partial charge is 0.421 e. The largest absolute Gasteiger partial charge is 0.458 e. The zero-order valence-electron chi connectivity index (χ0n) is 26.4. The third kappa shape index (κ3) is 10.0. The first kappa shape index (κ1) is 36.6. The highest BCUT2D eigenvalue weighted by atomic mass is 32.2. The van der Waals surface area contributed by atoms with Crippen LogP contribution in [0.15, 0.2) is 63.8 Å². The molecule has 14 heteroatoms. The van der Waals surface area contributed by atoms with E-state index in [9.17, 15) is 36.9 Å². The summed E-state index contributed by atoms with van der Waals surface area (Å²) in [6, 6.07) is 11.3. The zero-order chi connectivity index (χ0) is 34.7. The van der Waals surface area contributed by atoms with Crippen molar-refractivity contribution in [3.8, 4) is 11.1 Å². The number of halogens is 3. The summed E-state index contributed by atoms with van der Waals surface area (Å²) in [5.74, 6) is -2.33. The zero-order valence-corrected chi connectivity index (χ0v) is 27.3. The van der Waals surface area contributed by atoms with Crippen molar-refractivity contribution in [2.75, 3.05) is 11.5 Å². The minimum atomic E-state index is -5.19. The van der Waals surface area contributed by atoms with Gasteiger partial charge in [0.1, 0.15) is 22.8 Å². The van der Waals surface area contributed by atoms with Gasteiger partial charge in [-0.15, -0.1) is 0 Å². The number of fused-ring (bicyclic) bond motifs is 1. The minimum Gasteiger partial charge on any atom is -0.458 e. The Morgan fingerprint density at radius 1 is 0.913 bits per heavy atom. The van der Waals surface area contributed by atoms with Gasteiger partial charge in [0, 0.05) is 39.1 Å². The number of benzene rings is 2. The Kier molecular flexibility index (Phi) is 10.7. The van der Waals surface area contributed by atoms with Crippen LogP contribution in [0.25, 0.3) is 22.1 Å². The maximum atomic E-state index is 14.3. The Morgan fingerprint density at radius 3 is 2.04 bits per heavy atom. The second-order valence-corrected chi connectivity index (χ2v) is 15.4. The normalized spacial score (nSPS) is 15.8. The molecule has 3 atom stereocenters. The summed E-state index contributed by atoms with van der Waals surface area (Å²) >= 11 is 0. The molecule has 1 heterocycles. The summed E-state index contributed by atoms with van der Waals surface area (Å²) in [4.78, 5) is 36.7. The number of nitrogens with one attached hydrogen (secondary N) is 2. The first-order valence-corrected chi connectivity index (χ1v) is 16.3. The number of carbonyl (C=O) groups is 2. The molecule has 46 heavy (non-hydrogen) atoms. The fourth-order valence-electron chi connectivity index (χ4n) is 4.42. The summed E-state index contributed by atoms with van der Waals surface area (Å²) < 4.78 is 79.9. The second-order valence-electron chi connectivity index (χ2n) is 12.9. The molecule has 3 N–H and O–H groups in total. The highest BCUT2D eigenvalue weighted by Crippen LogP contribution is 2.42. The summed E-state index contributed by atoms with van der Waals surface area (Å²) in [5, 5.41) is 13.9. The van der Waals surface area contributed by atoms with Gasteiger partial charge in [-0.1, -0.05) is 36.4 Å². The number of alkyl carbamates (subject to hydrolysis) is 1. The van der Waals surface area contributed by atoms with Gasteiger partial charge < -0.3 is 24.3 Å². The molecule has 1 amide bonds. The van der Waals surface area contributed by atoms with Crippen molar-refractivity contribution in [3.63, 3.8) is 0 Å². The Labute approximate surface area is 265 Å². The fourth-order valence-corrected chi connectivity index (χ4v) is 5.87. The van der Waals surface area contributed by atoms with Crippen molar-refractivity contribution in [1.29, 1.82) is 4.78 Å². The van der Waals surface area contributed by atoms with Gasteiger partial charge in [-0.3, -0.25) is 4.78 Å². The molecule has 0 spiro atoms. The van der Waals surface area contributed by atoms with Gasteiger partial charge in [0.15, 0.2) is 5.60 Å². The lowest BCUT2D eigenvalue weighted by Gasteiger charge is -2.31. The Morgan fingerprint density at radius 2 is 1.48 bits per heavy atom. The second kappa shape index (κ2) is 13.4. The van der Waals surface area contributed by atoms with E-state index in [2.05, 4.69) is 5.32 Å². The van der Waals surface area contributed by atoms with Gasteiger partial charge in [0.2, 0.25) is 0 Å². The Balaban J connectivity index is 1.78. The van der Waals surface area contributed by atoms with Crippen molar-refractivity contribution in [1.82, 2.24) is 5.32 Å². The molecule has 3 aromatic rings. The molecule has 0 fully saturated rings. The van der Waals surface area contributed by atoms with Gasteiger partial charge in [0.25, 0.3) is 0 Å². The predicted octanol–water partition coefficient (Wildman–Crippen LogP) is 6.27. The highest BCUT2D eigenvalue weighted by Gasteiger charge is 2.54. The molecule has 0 aliphatic carbocycles. The SMILES string of the molecule is CC(C)(C)OC(=O)N[C@@H](CCS(=N)(=O)CCC(O)(c1ccc(-c2ccc3ccc(=O)oc3c2)cc1)C(F)(F)F)C(=O)OC(C)(C)C. The summed E-state index contributed by atoms with van der Waals surface area (Å²) in [7, 11) is -3.80. The fraction of sp³-hybridized carbons (Fsp3) is 0.469. The van der Waals surface area contributed by atoms with Crippen LogP contribution in [0, 0.1) is 4.78 Å². The van der Waals surface area contributed by atoms with Gasteiger partial charge in [0.05, 0.1) is 0 Å². The number of esters is 1. The molecular formula is C32H39F3N2O8S. The number of hydrogen-bond donors (Lipinski definition) is 3. The number of aliphatic hydroxyl groups is 1. The first-order valence-electron chi connectivity index (χ1n) is 14.4. The lowest BCUT2D eigenvalue weighted by molar-refractivity contribution is -0.267. The average Bonchev–Trinajstić information content (AvgIpc) is 2.91. The standard InChI is InChI=1S/C32H39F3N2O8S/c1-29(2,3)44-27(39)24(37-28(40)45-30(4,5)6)15-17-46(36,42)18-16-31(41,32(33,34)35)23-12-9-20(10-13-23)22-8-7-21-11-14-26(38)43-25(21)19-22/h7-14,19,24,36,41H,15-18H2,1-6H3,(H,37,40)/t24-,31?,46?/m0/s1. The molecule has 2 unspecified atom stereocenters. The van der Waals surface area contributed by atoms with E-state index in [-0.39, 0.29) is 6.42 Å².